The molecular weight excluding hydrogens is 194 g/mol. The van der Waals surface area contributed by atoms with Crippen LogP contribution in [0, 0.1) is 6.92 Å². The van der Waals surface area contributed by atoms with Gasteiger partial charge in [0.15, 0.2) is 5.76 Å². The number of furan rings is 1. The summed E-state index contributed by atoms with van der Waals surface area (Å²) in [6, 6.07) is 3.41. The predicted octanol–water partition coefficient (Wildman–Crippen LogP) is 1.24. The maximum atomic E-state index is 11.5. The molecule has 0 aromatic carbocycles. The summed E-state index contributed by atoms with van der Waals surface area (Å²) in [7, 11) is 0. The van der Waals surface area contributed by atoms with E-state index in [1.807, 2.05) is 0 Å². The summed E-state index contributed by atoms with van der Waals surface area (Å²) in [6.07, 6.45) is 3.23. The van der Waals surface area contributed by atoms with Crippen molar-refractivity contribution in [3.05, 3.63) is 41.9 Å². The number of nitrogens with one attached hydrogen (secondary N) is 2. The number of rotatable bonds is 3. The molecule has 1 amide bonds. The third-order valence-electron chi connectivity index (χ3n) is 1.96. The van der Waals surface area contributed by atoms with E-state index < -0.39 is 0 Å². The first-order valence-electron chi connectivity index (χ1n) is 4.57. The highest BCUT2D eigenvalue weighted by Crippen LogP contribution is 2.05. The monoisotopic (exact) mass is 205 g/mol. The summed E-state index contributed by atoms with van der Waals surface area (Å²) in [5.41, 5.74) is 0.853. The van der Waals surface area contributed by atoms with Gasteiger partial charge in [-0.05, 0) is 19.1 Å². The number of nitrogens with zero attached hydrogens (tertiary/aromatic N) is 1. The molecule has 2 heterocycles. The minimum Gasteiger partial charge on any atom is -0.456 e. The third-order valence-corrected chi connectivity index (χ3v) is 1.96. The molecule has 2 aromatic rings. The molecule has 5 heteroatoms. The molecule has 2 aromatic heterocycles. The molecule has 0 saturated heterocycles. The molecule has 78 valence electrons. The standard InChI is InChI=1S/C10H11N3O2/c1-7-2-3-9(15-7)10(14)12-5-8-4-11-6-13-8/h2-4,6H,5H2,1H3,(H,11,13)(H,12,14). The van der Waals surface area contributed by atoms with Gasteiger partial charge in [-0.1, -0.05) is 0 Å². The molecule has 0 aliphatic carbocycles. The number of hydrogen-bond donors (Lipinski definition) is 2. The molecular formula is C10H11N3O2. The maximum Gasteiger partial charge on any atom is 0.287 e. The van der Waals surface area contributed by atoms with Gasteiger partial charge in [0.2, 0.25) is 0 Å². The lowest BCUT2D eigenvalue weighted by Gasteiger charge is -1.99. The summed E-state index contributed by atoms with van der Waals surface area (Å²) in [5.74, 6) is 0.825. The van der Waals surface area contributed by atoms with Gasteiger partial charge in [-0.25, -0.2) is 4.98 Å². The normalized spacial score (nSPS) is 10.2. The first-order valence-corrected chi connectivity index (χ1v) is 4.57. The topological polar surface area (TPSA) is 70.9 Å². The lowest BCUT2D eigenvalue weighted by atomic mass is 10.4. The maximum absolute atomic E-state index is 11.5. The van der Waals surface area contributed by atoms with E-state index in [0.29, 0.717) is 12.3 Å². The average Bonchev–Trinajstić information content (AvgIpc) is 2.84. The van der Waals surface area contributed by atoms with E-state index in [1.165, 1.54) is 0 Å². The number of H-pyrrole nitrogens is 1. The SMILES string of the molecule is Cc1ccc(C(=O)NCc2cnc[nH]2)o1. The second-order valence-corrected chi connectivity index (χ2v) is 3.17. The first kappa shape index (κ1) is 9.51. The third kappa shape index (κ3) is 2.25. The zero-order valence-corrected chi connectivity index (χ0v) is 8.28. The van der Waals surface area contributed by atoms with Crippen LogP contribution in [-0.2, 0) is 6.54 Å². The van der Waals surface area contributed by atoms with Gasteiger partial charge in [0.25, 0.3) is 5.91 Å². The van der Waals surface area contributed by atoms with E-state index in [1.54, 1.807) is 31.6 Å². The lowest BCUT2D eigenvalue weighted by Crippen LogP contribution is -2.22. The van der Waals surface area contributed by atoms with E-state index in [-0.39, 0.29) is 5.91 Å². The summed E-state index contributed by atoms with van der Waals surface area (Å²) < 4.78 is 5.18. The van der Waals surface area contributed by atoms with Crippen LogP contribution in [0.3, 0.4) is 0 Å². The molecule has 0 spiro atoms. The van der Waals surface area contributed by atoms with E-state index in [9.17, 15) is 4.79 Å². The van der Waals surface area contributed by atoms with Crippen molar-refractivity contribution in [2.75, 3.05) is 0 Å². The van der Waals surface area contributed by atoms with Crippen molar-refractivity contribution >= 4 is 5.91 Å². The zero-order chi connectivity index (χ0) is 10.7. The van der Waals surface area contributed by atoms with Gasteiger partial charge in [-0.2, -0.15) is 0 Å². The summed E-state index contributed by atoms with van der Waals surface area (Å²) in [5, 5.41) is 2.71. The molecule has 0 fully saturated rings. The van der Waals surface area contributed by atoms with Crippen molar-refractivity contribution in [2.45, 2.75) is 13.5 Å². The van der Waals surface area contributed by atoms with Gasteiger partial charge >= 0.3 is 0 Å². The number of aryl methyl sites for hydroxylation is 1. The van der Waals surface area contributed by atoms with Crippen molar-refractivity contribution in [1.82, 2.24) is 15.3 Å². The molecule has 2 N–H and O–H groups in total. The number of carbonyl (C=O) groups is 1. The Morgan fingerprint density at radius 1 is 1.60 bits per heavy atom. The van der Waals surface area contributed by atoms with Crippen LogP contribution in [0.5, 0.6) is 0 Å². The van der Waals surface area contributed by atoms with Crippen LogP contribution < -0.4 is 5.32 Å². The first-order chi connectivity index (χ1) is 7.25. The van der Waals surface area contributed by atoms with Crippen molar-refractivity contribution < 1.29 is 9.21 Å². The van der Waals surface area contributed by atoms with Gasteiger partial charge in [-0.15, -0.1) is 0 Å². The smallest absolute Gasteiger partial charge is 0.287 e. The highest BCUT2D eigenvalue weighted by molar-refractivity contribution is 5.91. The van der Waals surface area contributed by atoms with Crippen LogP contribution in [0.25, 0.3) is 0 Å². The second-order valence-electron chi connectivity index (χ2n) is 3.17. The Morgan fingerprint density at radius 2 is 2.47 bits per heavy atom. The average molecular weight is 205 g/mol. The Bertz CT molecular complexity index is 445. The van der Waals surface area contributed by atoms with Gasteiger partial charge in [0.1, 0.15) is 5.76 Å². The summed E-state index contributed by atoms with van der Waals surface area (Å²) in [6.45, 7) is 2.21. The van der Waals surface area contributed by atoms with Gasteiger partial charge < -0.3 is 14.7 Å². The fourth-order valence-corrected chi connectivity index (χ4v) is 1.20. The molecule has 0 bridgehead atoms. The van der Waals surface area contributed by atoms with Crippen LogP contribution in [0.4, 0.5) is 0 Å². The molecule has 0 aliphatic rings. The molecule has 2 rings (SSSR count). The fraction of sp³-hybridized carbons (Fsp3) is 0.200. The Morgan fingerprint density at radius 3 is 3.07 bits per heavy atom. The minimum absolute atomic E-state index is 0.224. The Kier molecular flexibility index (Phi) is 2.53. The summed E-state index contributed by atoms with van der Waals surface area (Å²) >= 11 is 0. The number of amides is 1. The van der Waals surface area contributed by atoms with E-state index >= 15 is 0 Å². The second kappa shape index (κ2) is 4.00. The number of carbonyl (C=O) groups excluding carboxylic acids is 1. The van der Waals surface area contributed by atoms with E-state index in [4.69, 9.17) is 4.42 Å². The molecule has 0 radical (unpaired) electrons. The Labute approximate surface area is 86.5 Å². The van der Waals surface area contributed by atoms with Crippen LogP contribution >= 0.6 is 0 Å². The fourth-order valence-electron chi connectivity index (χ4n) is 1.20. The van der Waals surface area contributed by atoms with Crippen molar-refractivity contribution in [1.29, 1.82) is 0 Å². The zero-order valence-electron chi connectivity index (χ0n) is 8.28. The number of aromatic amines is 1. The summed E-state index contributed by atoms with van der Waals surface area (Å²) in [4.78, 5) is 18.3. The van der Waals surface area contributed by atoms with Crippen molar-refractivity contribution in [3.8, 4) is 0 Å². The molecule has 0 saturated carbocycles. The minimum atomic E-state index is -0.224. The molecule has 5 nitrogen and oxygen atoms in total. The number of hydrogen-bond acceptors (Lipinski definition) is 3. The Balaban J connectivity index is 1.93. The quantitative estimate of drug-likeness (QED) is 0.791. The van der Waals surface area contributed by atoms with Crippen LogP contribution in [0.2, 0.25) is 0 Å². The molecule has 0 unspecified atom stereocenters. The van der Waals surface area contributed by atoms with Gasteiger partial charge in [0, 0.05) is 6.20 Å². The van der Waals surface area contributed by atoms with Crippen LogP contribution in [0.1, 0.15) is 22.0 Å². The van der Waals surface area contributed by atoms with Gasteiger partial charge in [0.05, 0.1) is 18.6 Å². The van der Waals surface area contributed by atoms with E-state index in [0.717, 1.165) is 11.5 Å². The highest BCUT2D eigenvalue weighted by Gasteiger charge is 2.09. The number of imidazole rings is 1. The lowest BCUT2D eigenvalue weighted by molar-refractivity contribution is 0.0921. The van der Waals surface area contributed by atoms with Crippen LogP contribution in [-0.4, -0.2) is 15.9 Å². The van der Waals surface area contributed by atoms with Gasteiger partial charge in [-0.3, -0.25) is 4.79 Å². The largest absolute Gasteiger partial charge is 0.456 e. The molecule has 15 heavy (non-hydrogen) atoms. The highest BCUT2D eigenvalue weighted by atomic mass is 16.3. The predicted molar refractivity (Wildman–Crippen MR) is 53.2 cm³/mol. The molecule has 0 atom stereocenters. The Hall–Kier alpha value is -2.04. The number of aromatic nitrogens is 2. The van der Waals surface area contributed by atoms with E-state index in [2.05, 4.69) is 15.3 Å². The van der Waals surface area contributed by atoms with Crippen LogP contribution in [0.15, 0.2) is 29.1 Å². The van der Waals surface area contributed by atoms with Crippen molar-refractivity contribution in [3.63, 3.8) is 0 Å². The molecule has 0 aliphatic heterocycles. The van der Waals surface area contributed by atoms with Crippen molar-refractivity contribution in [2.24, 2.45) is 0 Å².